The van der Waals surface area contributed by atoms with Crippen molar-refractivity contribution in [1.29, 1.82) is 0 Å². The van der Waals surface area contributed by atoms with E-state index < -0.39 is 5.97 Å². The number of carboxylic acids is 1. The predicted octanol–water partition coefficient (Wildman–Crippen LogP) is 2.07. The topological polar surface area (TPSA) is 77.9 Å². The molecule has 1 N–H and O–H groups in total. The van der Waals surface area contributed by atoms with E-state index in [9.17, 15) is 14.4 Å². The van der Waals surface area contributed by atoms with Crippen LogP contribution in [0.15, 0.2) is 17.5 Å². The lowest BCUT2D eigenvalue weighted by molar-refractivity contribution is -0.140. The van der Waals surface area contributed by atoms with E-state index in [0.717, 1.165) is 19.3 Å². The van der Waals surface area contributed by atoms with Gasteiger partial charge in [-0.3, -0.25) is 14.4 Å². The highest BCUT2D eigenvalue weighted by Crippen LogP contribution is 2.21. The molecule has 6 nitrogen and oxygen atoms in total. The van der Waals surface area contributed by atoms with Crippen molar-refractivity contribution in [2.24, 2.45) is 0 Å². The predicted molar refractivity (Wildman–Crippen MR) is 87.5 cm³/mol. The van der Waals surface area contributed by atoms with Crippen molar-refractivity contribution < 1.29 is 19.5 Å². The van der Waals surface area contributed by atoms with Gasteiger partial charge in [0.1, 0.15) is 0 Å². The molecule has 0 spiro atoms. The third-order valence-corrected chi connectivity index (χ3v) is 4.95. The van der Waals surface area contributed by atoms with E-state index in [0.29, 0.717) is 17.8 Å². The van der Waals surface area contributed by atoms with Gasteiger partial charge < -0.3 is 14.9 Å². The van der Waals surface area contributed by atoms with Crippen molar-refractivity contribution >= 4 is 29.1 Å². The van der Waals surface area contributed by atoms with Crippen molar-refractivity contribution in [1.82, 2.24) is 9.80 Å². The van der Waals surface area contributed by atoms with Gasteiger partial charge in [-0.15, -0.1) is 11.3 Å². The average molecular weight is 338 g/mol. The maximum Gasteiger partial charge on any atom is 0.303 e. The Morgan fingerprint density at radius 1 is 1.39 bits per heavy atom. The van der Waals surface area contributed by atoms with Gasteiger partial charge in [0.05, 0.1) is 11.4 Å². The van der Waals surface area contributed by atoms with E-state index in [1.807, 2.05) is 5.38 Å². The number of likely N-dealkylation sites (tertiary alicyclic amines) is 1. The molecule has 1 unspecified atom stereocenters. The molecule has 0 saturated carbocycles. The first-order valence-corrected chi connectivity index (χ1v) is 8.67. The van der Waals surface area contributed by atoms with E-state index in [1.54, 1.807) is 24.1 Å². The molecule has 7 heteroatoms. The van der Waals surface area contributed by atoms with Crippen molar-refractivity contribution in [3.05, 3.63) is 22.4 Å². The summed E-state index contributed by atoms with van der Waals surface area (Å²) in [6.45, 7) is 0.671. The largest absolute Gasteiger partial charge is 0.481 e. The van der Waals surface area contributed by atoms with Crippen LogP contribution in [0, 0.1) is 0 Å². The van der Waals surface area contributed by atoms with Crippen LogP contribution in [0.4, 0.5) is 0 Å². The number of amides is 2. The number of carboxylic acid groups (broad SMARTS) is 1. The van der Waals surface area contributed by atoms with Gasteiger partial charge in [-0.25, -0.2) is 0 Å². The van der Waals surface area contributed by atoms with Crippen molar-refractivity contribution in [3.8, 4) is 0 Å². The molecule has 2 heterocycles. The normalized spacial score (nSPS) is 17.8. The fourth-order valence-corrected chi connectivity index (χ4v) is 3.59. The lowest BCUT2D eigenvalue weighted by Gasteiger charge is -2.36. The molecule has 1 atom stereocenters. The first kappa shape index (κ1) is 17.5. The summed E-state index contributed by atoms with van der Waals surface area (Å²) in [4.78, 5) is 39.3. The van der Waals surface area contributed by atoms with Crippen LogP contribution in [0.3, 0.4) is 0 Å². The smallest absolute Gasteiger partial charge is 0.303 e. The van der Waals surface area contributed by atoms with Gasteiger partial charge in [-0.1, -0.05) is 6.07 Å². The van der Waals surface area contributed by atoms with E-state index in [-0.39, 0.29) is 30.8 Å². The highest BCUT2D eigenvalue weighted by atomic mass is 32.1. The Bertz CT molecular complexity index is 558. The Hall–Kier alpha value is -1.89. The molecule has 1 aromatic rings. The maximum absolute atomic E-state index is 12.5. The Morgan fingerprint density at radius 2 is 2.17 bits per heavy atom. The Labute approximate surface area is 139 Å². The lowest BCUT2D eigenvalue weighted by Crippen LogP contribution is -2.48. The monoisotopic (exact) mass is 338 g/mol. The number of piperidine rings is 1. The van der Waals surface area contributed by atoms with Crippen LogP contribution in [0.1, 0.15) is 41.8 Å². The molecule has 1 fully saturated rings. The molecule has 1 aliphatic heterocycles. The average Bonchev–Trinajstić information content (AvgIpc) is 3.06. The first-order chi connectivity index (χ1) is 11.0. The number of carbonyl (C=O) groups is 3. The van der Waals surface area contributed by atoms with E-state index >= 15 is 0 Å². The zero-order chi connectivity index (χ0) is 16.8. The van der Waals surface area contributed by atoms with Crippen LogP contribution in [0.5, 0.6) is 0 Å². The number of nitrogens with zero attached hydrogens (tertiary/aromatic N) is 2. The maximum atomic E-state index is 12.5. The molecule has 0 aliphatic carbocycles. The Morgan fingerprint density at radius 3 is 2.83 bits per heavy atom. The molecule has 0 radical (unpaired) electrons. The number of hydrogen-bond donors (Lipinski definition) is 1. The van der Waals surface area contributed by atoms with Gasteiger partial charge in [0, 0.05) is 26.1 Å². The SMILES string of the molecule is CN(CC(=O)N1CCCCC1CCC(=O)O)C(=O)c1cccs1. The molecule has 2 rings (SSSR count). The quantitative estimate of drug-likeness (QED) is 0.861. The van der Waals surface area contributed by atoms with Gasteiger partial charge in [0.25, 0.3) is 5.91 Å². The summed E-state index contributed by atoms with van der Waals surface area (Å²) < 4.78 is 0. The molecule has 0 bridgehead atoms. The molecule has 1 aromatic heterocycles. The van der Waals surface area contributed by atoms with Crippen LogP contribution in [-0.4, -0.2) is 58.9 Å². The third kappa shape index (κ3) is 4.79. The summed E-state index contributed by atoms with van der Waals surface area (Å²) in [5, 5.41) is 10.7. The highest BCUT2D eigenvalue weighted by Gasteiger charge is 2.28. The number of hydrogen-bond acceptors (Lipinski definition) is 4. The summed E-state index contributed by atoms with van der Waals surface area (Å²) in [7, 11) is 1.62. The lowest BCUT2D eigenvalue weighted by atomic mass is 9.98. The van der Waals surface area contributed by atoms with Crippen LogP contribution >= 0.6 is 11.3 Å². The van der Waals surface area contributed by atoms with Crippen molar-refractivity contribution in [3.63, 3.8) is 0 Å². The molecule has 23 heavy (non-hydrogen) atoms. The molecule has 2 amide bonds. The van der Waals surface area contributed by atoms with Gasteiger partial charge in [0.2, 0.25) is 5.91 Å². The number of rotatable bonds is 6. The van der Waals surface area contributed by atoms with Gasteiger partial charge >= 0.3 is 5.97 Å². The molecule has 126 valence electrons. The second-order valence-electron chi connectivity index (χ2n) is 5.81. The number of carbonyl (C=O) groups excluding carboxylic acids is 2. The zero-order valence-corrected chi connectivity index (χ0v) is 14.1. The number of likely N-dealkylation sites (N-methyl/N-ethyl adjacent to an activating group) is 1. The summed E-state index contributed by atoms with van der Waals surface area (Å²) in [5.74, 6) is -1.10. The van der Waals surface area contributed by atoms with Crippen LogP contribution in [0.25, 0.3) is 0 Å². The van der Waals surface area contributed by atoms with E-state index in [4.69, 9.17) is 5.11 Å². The standard InChI is InChI=1S/C16H22N2O4S/c1-17(16(22)13-6-4-10-23-13)11-14(19)18-9-3-2-5-12(18)7-8-15(20)21/h4,6,10,12H,2-3,5,7-9,11H2,1H3,(H,20,21). The van der Waals surface area contributed by atoms with Crippen LogP contribution in [0.2, 0.25) is 0 Å². The number of aliphatic carboxylic acids is 1. The van der Waals surface area contributed by atoms with E-state index in [2.05, 4.69) is 0 Å². The van der Waals surface area contributed by atoms with Gasteiger partial charge in [0.15, 0.2) is 0 Å². The minimum atomic E-state index is -0.840. The molecule has 1 saturated heterocycles. The molecule has 0 aromatic carbocycles. The van der Waals surface area contributed by atoms with Crippen molar-refractivity contribution in [2.45, 2.75) is 38.1 Å². The first-order valence-electron chi connectivity index (χ1n) is 7.79. The van der Waals surface area contributed by atoms with Gasteiger partial charge in [-0.2, -0.15) is 0 Å². The fraction of sp³-hybridized carbons (Fsp3) is 0.562. The third-order valence-electron chi connectivity index (χ3n) is 4.09. The molecular formula is C16H22N2O4S. The Kier molecular flexibility index (Phi) is 6.15. The zero-order valence-electron chi connectivity index (χ0n) is 13.2. The molecular weight excluding hydrogens is 316 g/mol. The van der Waals surface area contributed by atoms with Crippen LogP contribution < -0.4 is 0 Å². The number of thiophene rings is 1. The van der Waals surface area contributed by atoms with Crippen molar-refractivity contribution in [2.75, 3.05) is 20.1 Å². The molecule has 1 aliphatic rings. The van der Waals surface area contributed by atoms with E-state index in [1.165, 1.54) is 16.2 Å². The van der Waals surface area contributed by atoms with Crippen LogP contribution in [-0.2, 0) is 9.59 Å². The minimum absolute atomic E-state index is 0.0281. The fourth-order valence-electron chi connectivity index (χ4n) is 2.87. The summed E-state index contributed by atoms with van der Waals surface area (Å²) in [5.41, 5.74) is 0. The summed E-state index contributed by atoms with van der Waals surface area (Å²) in [6.07, 6.45) is 3.32. The highest BCUT2D eigenvalue weighted by molar-refractivity contribution is 7.12. The summed E-state index contributed by atoms with van der Waals surface area (Å²) >= 11 is 1.35. The van der Waals surface area contributed by atoms with Gasteiger partial charge in [-0.05, 0) is 37.1 Å². The Balaban J connectivity index is 1.94. The second kappa shape index (κ2) is 8.10. The second-order valence-corrected chi connectivity index (χ2v) is 6.76. The minimum Gasteiger partial charge on any atom is -0.481 e. The summed E-state index contributed by atoms with van der Waals surface area (Å²) in [6, 6.07) is 3.52.